The molecule has 1 aliphatic rings. The van der Waals surface area contributed by atoms with Crippen LogP contribution in [0.25, 0.3) is 5.57 Å². The Bertz CT molecular complexity index is 502. The second-order valence-electron chi connectivity index (χ2n) is 7.52. The van der Waals surface area contributed by atoms with Crippen molar-refractivity contribution >= 4 is 16.9 Å². The molecule has 1 aromatic rings. The number of aromatic nitrogens is 1. The van der Waals surface area contributed by atoms with E-state index < -0.39 is 0 Å². The summed E-state index contributed by atoms with van der Waals surface area (Å²) in [4.78, 5) is 4.57. The molecule has 0 fully saturated rings. The van der Waals surface area contributed by atoms with Gasteiger partial charge in [0.25, 0.3) is 0 Å². The zero-order valence-corrected chi connectivity index (χ0v) is 15.5. The fourth-order valence-electron chi connectivity index (χ4n) is 3.22. The van der Waals surface area contributed by atoms with E-state index in [1.165, 1.54) is 61.1 Å². The van der Waals surface area contributed by atoms with E-state index in [2.05, 4.69) is 50.2 Å². The molecule has 0 N–H and O–H groups in total. The highest BCUT2D eigenvalue weighted by atomic mass is 32.1. The lowest BCUT2D eigenvalue weighted by molar-refractivity contribution is 0.222. The van der Waals surface area contributed by atoms with Crippen LogP contribution in [-0.4, -0.2) is 4.98 Å². The molecule has 0 bridgehead atoms. The minimum atomic E-state index is 0.425. The zero-order chi connectivity index (χ0) is 16.0. The van der Waals surface area contributed by atoms with Crippen molar-refractivity contribution < 1.29 is 0 Å². The first-order chi connectivity index (χ1) is 10.5. The first kappa shape index (κ1) is 17.5. The minimum absolute atomic E-state index is 0.425. The van der Waals surface area contributed by atoms with E-state index in [0.29, 0.717) is 5.41 Å². The molecule has 122 valence electrons. The Balaban J connectivity index is 2.11. The molecule has 0 radical (unpaired) electrons. The van der Waals surface area contributed by atoms with Crippen LogP contribution >= 0.6 is 11.3 Å². The van der Waals surface area contributed by atoms with Crippen LogP contribution in [0.1, 0.15) is 77.6 Å². The molecular weight excluding hydrogens is 286 g/mol. The molecule has 1 aromatic heterocycles. The Morgan fingerprint density at radius 2 is 2.18 bits per heavy atom. The minimum Gasteiger partial charge on any atom is -0.245 e. The number of nitrogens with zero attached hydrogens (tertiary/aromatic N) is 1. The number of hydrogen-bond acceptors (Lipinski definition) is 2. The Hall–Kier alpha value is -0.890. The summed E-state index contributed by atoms with van der Waals surface area (Å²) >= 11 is 1.77. The first-order valence-electron chi connectivity index (χ1n) is 8.81. The highest BCUT2D eigenvalue weighted by Gasteiger charge is 2.27. The van der Waals surface area contributed by atoms with E-state index in [1.54, 1.807) is 11.3 Å². The molecule has 1 unspecified atom stereocenters. The highest BCUT2D eigenvalue weighted by molar-refractivity contribution is 7.10. The van der Waals surface area contributed by atoms with Gasteiger partial charge in [-0.3, -0.25) is 0 Å². The molecule has 0 saturated carbocycles. The van der Waals surface area contributed by atoms with Crippen LogP contribution in [0.2, 0.25) is 0 Å². The van der Waals surface area contributed by atoms with Gasteiger partial charge >= 0.3 is 0 Å². The van der Waals surface area contributed by atoms with Crippen LogP contribution in [0.5, 0.6) is 0 Å². The average Bonchev–Trinajstić information content (AvgIpc) is 3.01. The highest BCUT2D eigenvalue weighted by Crippen LogP contribution is 2.40. The first-order valence-corrected chi connectivity index (χ1v) is 9.69. The van der Waals surface area contributed by atoms with Gasteiger partial charge in [-0.25, -0.2) is 4.98 Å². The lowest BCUT2D eigenvalue weighted by Gasteiger charge is -2.33. The van der Waals surface area contributed by atoms with Crippen molar-refractivity contribution in [2.24, 2.45) is 11.3 Å². The normalized spacial score (nSPS) is 20.1. The molecule has 0 aliphatic heterocycles. The summed E-state index contributed by atoms with van der Waals surface area (Å²) in [6.07, 6.45) is 15.7. The van der Waals surface area contributed by atoms with Gasteiger partial charge in [-0.05, 0) is 49.0 Å². The van der Waals surface area contributed by atoms with Crippen LogP contribution in [0.15, 0.2) is 29.3 Å². The third-order valence-corrected chi connectivity index (χ3v) is 5.61. The Morgan fingerprint density at radius 3 is 2.73 bits per heavy atom. The molecule has 0 aromatic carbocycles. The Kier molecular flexibility index (Phi) is 6.43. The summed E-state index contributed by atoms with van der Waals surface area (Å²) in [5, 5.41) is 3.30. The molecule has 2 heteroatoms. The molecular formula is C20H31NS. The van der Waals surface area contributed by atoms with Crippen molar-refractivity contribution in [3.63, 3.8) is 0 Å². The molecule has 1 aliphatic carbocycles. The van der Waals surface area contributed by atoms with Gasteiger partial charge in [-0.1, -0.05) is 52.7 Å². The lowest BCUT2D eigenvalue weighted by Crippen LogP contribution is -2.22. The third-order valence-electron chi connectivity index (χ3n) is 4.80. The van der Waals surface area contributed by atoms with E-state index in [-0.39, 0.29) is 0 Å². The van der Waals surface area contributed by atoms with Gasteiger partial charge in [-0.15, -0.1) is 11.3 Å². The van der Waals surface area contributed by atoms with Crippen molar-refractivity contribution in [2.45, 2.75) is 72.6 Å². The van der Waals surface area contributed by atoms with Crippen molar-refractivity contribution in [3.8, 4) is 0 Å². The van der Waals surface area contributed by atoms with Gasteiger partial charge in [0.1, 0.15) is 5.01 Å². The van der Waals surface area contributed by atoms with E-state index in [9.17, 15) is 0 Å². The summed E-state index contributed by atoms with van der Waals surface area (Å²) in [5.74, 6) is 0.814. The molecule has 0 spiro atoms. The van der Waals surface area contributed by atoms with Gasteiger partial charge in [-0.2, -0.15) is 0 Å². The maximum atomic E-state index is 4.57. The smallest absolute Gasteiger partial charge is 0.123 e. The summed E-state index contributed by atoms with van der Waals surface area (Å²) < 4.78 is 0. The van der Waals surface area contributed by atoms with Crippen LogP contribution in [0.3, 0.4) is 0 Å². The topological polar surface area (TPSA) is 12.9 Å². The van der Waals surface area contributed by atoms with Gasteiger partial charge < -0.3 is 0 Å². The van der Waals surface area contributed by atoms with Crippen molar-refractivity contribution in [2.75, 3.05) is 0 Å². The second-order valence-corrected chi connectivity index (χ2v) is 8.41. The Labute approximate surface area is 140 Å². The average molecular weight is 318 g/mol. The lowest BCUT2D eigenvalue weighted by atomic mass is 9.72. The second kappa shape index (κ2) is 8.10. The summed E-state index contributed by atoms with van der Waals surface area (Å²) in [6.45, 7) is 9.39. The molecule has 1 nitrogen and oxygen atoms in total. The summed E-state index contributed by atoms with van der Waals surface area (Å²) in [7, 11) is 0. The number of allylic oxidation sites excluding steroid dienone is 4. The van der Waals surface area contributed by atoms with Crippen LogP contribution in [0.4, 0.5) is 0 Å². The monoisotopic (exact) mass is 317 g/mol. The summed E-state index contributed by atoms with van der Waals surface area (Å²) in [6, 6.07) is 0. The zero-order valence-electron chi connectivity index (χ0n) is 14.7. The molecule has 2 rings (SSSR count). The van der Waals surface area contributed by atoms with E-state index in [1.807, 2.05) is 6.20 Å². The van der Waals surface area contributed by atoms with E-state index in [0.717, 1.165) is 5.92 Å². The predicted molar refractivity (Wildman–Crippen MR) is 99.1 cm³/mol. The number of hydrogen-bond donors (Lipinski definition) is 0. The maximum Gasteiger partial charge on any atom is 0.123 e. The number of unbranched alkanes of at least 4 members (excludes halogenated alkanes) is 3. The van der Waals surface area contributed by atoms with E-state index >= 15 is 0 Å². The SMILES string of the molecule is CCCCC/C=C(\C1=CCC(C(C)(C)C)CC1)c1nccs1. The van der Waals surface area contributed by atoms with Crippen LogP contribution < -0.4 is 0 Å². The molecule has 0 amide bonds. The predicted octanol–water partition coefficient (Wildman–Crippen LogP) is 6.88. The summed E-state index contributed by atoms with van der Waals surface area (Å²) in [5.41, 5.74) is 3.37. The Morgan fingerprint density at radius 1 is 1.36 bits per heavy atom. The van der Waals surface area contributed by atoms with Crippen LogP contribution in [-0.2, 0) is 0 Å². The molecule has 1 atom stereocenters. The maximum absolute atomic E-state index is 4.57. The standard InChI is InChI=1S/C20H31NS/c1-5-6-7-8-9-18(19-21-14-15-22-19)16-10-12-17(13-11-16)20(2,3)4/h9-10,14-15,17H,5-8,11-13H2,1-4H3/b18-9+. The fraction of sp³-hybridized carbons (Fsp3) is 0.650. The van der Waals surface area contributed by atoms with Gasteiger partial charge in [0.2, 0.25) is 0 Å². The number of rotatable bonds is 6. The number of thiazole rings is 1. The van der Waals surface area contributed by atoms with Gasteiger partial charge in [0.15, 0.2) is 0 Å². The third kappa shape index (κ3) is 4.81. The van der Waals surface area contributed by atoms with E-state index in [4.69, 9.17) is 0 Å². The molecule has 22 heavy (non-hydrogen) atoms. The van der Waals surface area contributed by atoms with Crippen molar-refractivity contribution in [1.29, 1.82) is 0 Å². The fourth-order valence-corrected chi connectivity index (χ4v) is 3.93. The quantitative estimate of drug-likeness (QED) is 0.521. The van der Waals surface area contributed by atoms with Gasteiger partial charge in [0, 0.05) is 17.2 Å². The molecule has 1 heterocycles. The van der Waals surface area contributed by atoms with Gasteiger partial charge in [0.05, 0.1) is 0 Å². The molecule has 0 saturated heterocycles. The van der Waals surface area contributed by atoms with Crippen molar-refractivity contribution in [3.05, 3.63) is 34.3 Å². The largest absolute Gasteiger partial charge is 0.245 e. The van der Waals surface area contributed by atoms with Crippen LogP contribution in [0, 0.1) is 11.3 Å². The van der Waals surface area contributed by atoms with Crippen molar-refractivity contribution in [1.82, 2.24) is 4.98 Å².